The maximum Gasteiger partial charge on any atom is 0.0361 e. The molecule has 2 aromatic carbocycles. The molecule has 0 heterocycles. The monoisotopic (exact) mass is 482 g/mol. The minimum atomic E-state index is -1.05. The van der Waals surface area contributed by atoms with E-state index in [2.05, 4.69) is 0 Å². The van der Waals surface area contributed by atoms with Crippen LogP contribution in [0.5, 0.6) is 0 Å². The zero-order valence-corrected chi connectivity index (χ0v) is 22.5. The van der Waals surface area contributed by atoms with Crippen molar-refractivity contribution < 1.29 is 20.4 Å². The van der Waals surface area contributed by atoms with Crippen LogP contribution in [0, 0.1) is 11.8 Å². The second kappa shape index (κ2) is 12.7. The molecule has 196 valence electrons. The Bertz CT molecular complexity index is 791. The van der Waals surface area contributed by atoms with Gasteiger partial charge in [0.25, 0.3) is 0 Å². The van der Waals surface area contributed by atoms with Gasteiger partial charge in [-0.1, -0.05) is 70.2 Å². The lowest BCUT2D eigenvalue weighted by molar-refractivity contribution is -0.567. The van der Waals surface area contributed by atoms with E-state index in [0.29, 0.717) is 0 Å². The van der Waals surface area contributed by atoms with Gasteiger partial charge in [-0.2, -0.15) is 0 Å². The molecule has 6 nitrogen and oxygen atoms in total. The van der Waals surface area contributed by atoms with E-state index in [0.717, 1.165) is 22.5 Å². The van der Waals surface area contributed by atoms with Crippen molar-refractivity contribution in [3.63, 3.8) is 0 Å². The van der Waals surface area contributed by atoms with Gasteiger partial charge in [-0.3, -0.25) is 0 Å². The molecule has 0 radical (unpaired) electrons. The molecule has 2 aliphatic rings. The third kappa shape index (κ3) is 5.83. The highest BCUT2D eigenvalue weighted by Crippen LogP contribution is 2.48. The van der Waals surface area contributed by atoms with Gasteiger partial charge in [-0.25, -0.2) is 0 Å². The predicted octanol–water partition coefficient (Wildman–Crippen LogP) is 1.30. The third-order valence-corrected chi connectivity index (χ3v) is 7.24. The van der Waals surface area contributed by atoms with Crippen molar-refractivity contribution in [1.82, 2.24) is 0 Å². The normalized spacial score (nSPS) is 31.0. The number of nitrogens with zero attached hydrogens (tertiary/aromatic N) is 2. The maximum atomic E-state index is 12.8. The molecule has 0 N–H and O–H groups in total. The molecule has 4 unspecified atom stereocenters. The number of rotatable bonds is 6. The summed E-state index contributed by atoms with van der Waals surface area (Å²) in [6.07, 6.45) is -4.05. The molecule has 0 spiro atoms. The van der Waals surface area contributed by atoms with Crippen LogP contribution < -0.4 is 30.2 Å². The Morgan fingerprint density at radius 3 is 1.00 bits per heavy atom. The van der Waals surface area contributed by atoms with Gasteiger partial charge in [-0.15, -0.1) is 24.4 Å². The molecule has 6 heteroatoms. The number of benzene rings is 2. The fourth-order valence-electron chi connectivity index (χ4n) is 5.12. The fraction of sp³-hybridized carbons (Fsp3) is 0.586. The molecule has 2 fully saturated rings. The van der Waals surface area contributed by atoms with Gasteiger partial charge in [0, 0.05) is 39.6 Å². The van der Waals surface area contributed by atoms with E-state index in [-0.39, 0.29) is 6.42 Å². The molecule has 0 aromatic heterocycles. The van der Waals surface area contributed by atoms with E-state index in [4.69, 9.17) is 0 Å². The van der Waals surface area contributed by atoms with Crippen molar-refractivity contribution in [3.05, 3.63) is 59.7 Å². The highest BCUT2D eigenvalue weighted by Gasteiger charge is 2.43. The summed E-state index contributed by atoms with van der Waals surface area (Å²) in [5.41, 5.74) is 3.53. The second-order valence-electron chi connectivity index (χ2n) is 9.45. The van der Waals surface area contributed by atoms with Crippen LogP contribution >= 0.6 is 0 Å². The third-order valence-electron chi connectivity index (χ3n) is 7.24. The summed E-state index contributed by atoms with van der Waals surface area (Å²) >= 11 is 0. The van der Waals surface area contributed by atoms with Crippen LogP contribution in [0.3, 0.4) is 0 Å². The van der Waals surface area contributed by atoms with Crippen LogP contribution in [0.1, 0.15) is 57.1 Å². The quantitative estimate of drug-likeness (QED) is 0.616. The molecule has 0 saturated heterocycles. The molecular weight excluding hydrogens is 440 g/mol. The lowest BCUT2D eigenvalue weighted by atomic mass is 9.57. The summed E-state index contributed by atoms with van der Waals surface area (Å²) in [6.45, 7) is 8.00. The van der Waals surface area contributed by atoms with Gasteiger partial charge < -0.3 is 30.2 Å². The molecule has 4 rings (SSSR count). The molecule has 0 bridgehead atoms. The van der Waals surface area contributed by atoms with Crippen LogP contribution in [0.15, 0.2) is 48.5 Å². The highest BCUT2D eigenvalue weighted by atomic mass is 16.3. The zero-order chi connectivity index (χ0) is 26.4. The van der Waals surface area contributed by atoms with Gasteiger partial charge in [-0.05, 0) is 47.2 Å². The van der Waals surface area contributed by atoms with Crippen molar-refractivity contribution in [3.8, 4) is 0 Å². The number of anilines is 2. The van der Waals surface area contributed by atoms with Gasteiger partial charge in [0.15, 0.2) is 0 Å². The SMILES string of the molecule is CC.CC.CN(C)c1ccc(C2C([O-])C(CC3C([O-])C(c4ccc(N(C)C)cc4)C3[O-])C2[O-])cc1. The van der Waals surface area contributed by atoms with E-state index in [1.165, 1.54) is 0 Å². The van der Waals surface area contributed by atoms with E-state index in [1.54, 1.807) is 0 Å². The molecule has 2 aromatic rings. The standard InChI is InChI=1S/C25H30N2O4.2C2H6/c1-26(2)16-9-5-14(6-10-16)20-22(28)18(23(20)29)13-19-24(30)21(25(19)31)15-7-11-17(12-8-15)27(3)4;2*1-2/h5-12,18-25H,13H2,1-4H3;2*1-2H3/q-4;;. The Balaban J connectivity index is 0.00000103. The van der Waals surface area contributed by atoms with Crippen LogP contribution in [-0.2, 0) is 0 Å². The summed E-state index contributed by atoms with van der Waals surface area (Å²) in [6, 6.07) is 15.0. The summed E-state index contributed by atoms with van der Waals surface area (Å²) in [5.74, 6) is -2.47. The Hall–Kier alpha value is -2.12. The number of hydrogen-bond acceptors (Lipinski definition) is 6. The van der Waals surface area contributed by atoms with Gasteiger partial charge in [0.2, 0.25) is 0 Å². The first-order chi connectivity index (χ1) is 16.7. The van der Waals surface area contributed by atoms with Crippen molar-refractivity contribution >= 4 is 11.4 Å². The van der Waals surface area contributed by atoms with E-state index in [1.807, 2.05) is 114 Å². The highest BCUT2D eigenvalue weighted by molar-refractivity contribution is 5.48. The molecular formula is C29H42N2O4-4. The fourth-order valence-corrected chi connectivity index (χ4v) is 5.12. The van der Waals surface area contributed by atoms with Crippen LogP contribution in [0.2, 0.25) is 0 Å². The molecule has 35 heavy (non-hydrogen) atoms. The first-order valence-corrected chi connectivity index (χ1v) is 12.9. The molecule has 2 aliphatic carbocycles. The van der Waals surface area contributed by atoms with Crippen molar-refractivity contribution in [1.29, 1.82) is 0 Å². The largest absolute Gasteiger partial charge is 0.851 e. The maximum absolute atomic E-state index is 12.8. The van der Waals surface area contributed by atoms with Crippen molar-refractivity contribution in [2.24, 2.45) is 11.8 Å². The first kappa shape index (κ1) is 29.1. The Kier molecular flexibility index (Phi) is 10.6. The summed E-state index contributed by atoms with van der Waals surface area (Å²) < 4.78 is 0. The van der Waals surface area contributed by atoms with Gasteiger partial charge >= 0.3 is 0 Å². The van der Waals surface area contributed by atoms with Gasteiger partial charge in [0.1, 0.15) is 0 Å². The Morgan fingerprint density at radius 2 is 0.771 bits per heavy atom. The first-order valence-electron chi connectivity index (χ1n) is 12.9. The minimum Gasteiger partial charge on any atom is -0.851 e. The lowest BCUT2D eigenvalue weighted by Crippen LogP contribution is -2.70. The Morgan fingerprint density at radius 1 is 0.514 bits per heavy atom. The lowest BCUT2D eigenvalue weighted by Gasteiger charge is -2.68. The van der Waals surface area contributed by atoms with Crippen molar-refractivity contribution in [2.45, 2.75) is 70.4 Å². The summed E-state index contributed by atoms with van der Waals surface area (Å²) in [7, 11) is 7.73. The van der Waals surface area contributed by atoms with Crippen molar-refractivity contribution in [2.75, 3.05) is 38.0 Å². The zero-order valence-electron chi connectivity index (χ0n) is 22.5. The predicted molar refractivity (Wildman–Crippen MR) is 136 cm³/mol. The summed E-state index contributed by atoms with van der Waals surface area (Å²) in [5, 5.41) is 51.2. The minimum absolute atomic E-state index is 0.156. The molecule has 0 amide bonds. The second-order valence-corrected chi connectivity index (χ2v) is 9.45. The topological polar surface area (TPSA) is 98.7 Å². The summed E-state index contributed by atoms with van der Waals surface area (Å²) in [4.78, 5) is 3.92. The van der Waals surface area contributed by atoms with Crippen LogP contribution in [0.4, 0.5) is 11.4 Å². The number of hydrogen-bond donors (Lipinski definition) is 0. The Labute approximate surface area is 211 Å². The molecule has 0 aliphatic heterocycles. The van der Waals surface area contributed by atoms with E-state index >= 15 is 0 Å². The smallest absolute Gasteiger partial charge is 0.0361 e. The van der Waals surface area contributed by atoms with Gasteiger partial charge in [0.05, 0.1) is 0 Å². The van der Waals surface area contributed by atoms with E-state index in [9.17, 15) is 20.4 Å². The average molecular weight is 483 g/mol. The average Bonchev–Trinajstić information content (AvgIpc) is 2.87. The van der Waals surface area contributed by atoms with Crippen LogP contribution in [-0.4, -0.2) is 52.6 Å². The van der Waals surface area contributed by atoms with Crippen LogP contribution in [0.25, 0.3) is 0 Å². The van der Waals surface area contributed by atoms with E-state index < -0.39 is 48.1 Å². The molecule has 2 saturated carbocycles. The molecule has 4 atom stereocenters.